The van der Waals surface area contributed by atoms with Gasteiger partial charge in [0.25, 0.3) is 16.1 Å². The van der Waals surface area contributed by atoms with E-state index in [0.717, 1.165) is 0 Å². The van der Waals surface area contributed by atoms with Crippen molar-refractivity contribution < 1.29 is 19.1 Å². The van der Waals surface area contributed by atoms with Crippen LogP contribution < -0.4 is 0 Å². The van der Waals surface area contributed by atoms with E-state index >= 15 is 0 Å². The first-order chi connectivity index (χ1) is 10.5. The molecular weight excluding hydrogens is 327 g/mol. The number of hydrogen-bond acceptors (Lipinski definition) is 4. The standard InChI is InChI=1S/C16H8Cl2O4/c17-14(20)16(15(18)21)12-10(9-5-2-1-3-6-9)7-4-8-11(12)13(19)22-16/h1-8H. The fourth-order valence-electron chi connectivity index (χ4n) is 2.56. The average Bonchev–Trinajstić information content (AvgIpc) is 2.83. The molecule has 0 radical (unpaired) electrons. The first kappa shape index (κ1) is 14.8. The van der Waals surface area contributed by atoms with Crippen LogP contribution in [0.15, 0.2) is 48.5 Å². The lowest BCUT2D eigenvalue weighted by molar-refractivity contribution is -0.141. The Hall–Kier alpha value is -2.17. The smallest absolute Gasteiger partial charge is 0.340 e. The zero-order valence-electron chi connectivity index (χ0n) is 11.0. The summed E-state index contributed by atoms with van der Waals surface area (Å²) in [4.78, 5) is 35.8. The summed E-state index contributed by atoms with van der Waals surface area (Å²) < 4.78 is 5.00. The fourth-order valence-corrected chi connectivity index (χ4v) is 3.05. The molecule has 0 N–H and O–H groups in total. The Balaban J connectivity index is 2.38. The number of carbonyl (C=O) groups excluding carboxylic acids is 3. The zero-order valence-corrected chi connectivity index (χ0v) is 12.5. The third-order valence-electron chi connectivity index (χ3n) is 3.52. The summed E-state index contributed by atoms with van der Waals surface area (Å²) in [5, 5.41) is -2.30. The molecule has 0 aromatic heterocycles. The molecule has 0 unspecified atom stereocenters. The van der Waals surface area contributed by atoms with Gasteiger partial charge in [-0.25, -0.2) is 4.79 Å². The van der Waals surface area contributed by atoms with Gasteiger partial charge in [0.05, 0.1) is 5.56 Å². The molecule has 0 spiro atoms. The molecule has 3 rings (SSSR count). The molecule has 2 aromatic rings. The van der Waals surface area contributed by atoms with E-state index in [1.807, 2.05) is 6.07 Å². The van der Waals surface area contributed by atoms with Crippen LogP contribution in [0.3, 0.4) is 0 Å². The van der Waals surface area contributed by atoms with Crippen molar-refractivity contribution in [3.63, 3.8) is 0 Å². The van der Waals surface area contributed by atoms with Gasteiger partial charge in [0.1, 0.15) is 0 Å². The maximum atomic E-state index is 12.0. The van der Waals surface area contributed by atoms with Crippen LogP contribution in [0, 0.1) is 0 Å². The first-order valence-corrected chi connectivity index (χ1v) is 7.06. The molecule has 1 heterocycles. The summed E-state index contributed by atoms with van der Waals surface area (Å²) in [7, 11) is 0. The van der Waals surface area contributed by atoms with E-state index < -0.39 is 22.1 Å². The Bertz CT molecular complexity index is 785. The SMILES string of the molecule is O=C1OC(C(=O)Cl)(C(=O)Cl)c2c1cccc2-c1ccccc1. The summed E-state index contributed by atoms with van der Waals surface area (Å²) in [6, 6.07) is 13.7. The molecule has 1 aliphatic rings. The topological polar surface area (TPSA) is 60.4 Å². The van der Waals surface area contributed by atoms with E-state index in [2.05, 4.69) is 0 Å². The first-order valence-electron chi connectivity index (χ1n) is 6.30. The van der Waals surface area contributed by atoms with Crippen LogP contribution in [0.5, 0.6) is 0 Å². The van der Waals surface area contributed by atoms with Gasteiger partial charge >= 0.3 is 5.97 Å². The van der Waals surface area contributed by atoms with Gasteiger partial charge in [-0.3, -0.25) is 9.59 Å². The Kier molecular flexibility index (Phi) is 3.51. The second-order valence-corrected chi connectivity index (χ2v) is 5.40. The number of cyclic esters (lactones) is 1. The molecule has 0 fully saturated rings. The van der Waals surface area contributed by atoms with Gasteiger partial charge in [0, 0.05) is 5.56 Å². The molecule has 110 valence electrons. The molecule has 0 aliphatic carbocycles. The second-order valence-electron chi connectivity index (χ2n) is 4.71. The number of rotatable bonds is 3. The molecule has 2 aromatic carbocycles. The maximum Gasteiger partial charge on any atom is 0.340 e. The number of halogens is 2. The van der Waals surface area contributed by atoms with Crippen LogP contribution in [0.1, 0.15) is 15.9 Å². The molecule has 4 nitrogen and oxygen atoms in total. The van der Waals surface area contributed by atoms with E-state index in [1.165, 1.54) is 6.07 Å². The van der Waals surface area contributed by atoms with Gasteiger partial charge < -0.3 is 4.74 Å². The molecule has 0 saturated heterocycles. The van der Waals surface area contributed by atoms with E-state index in [-0.39, 0.29) is 11.1 Å². The van der Waals surface area contributed by atoms with Crippen molar-refractivity contribution in [2.75, 3.05) is 0 Å². The van der Waals surface area contributed by atoms with Gasteiger partial charge in [-0.1, -0.05) is 42.5 Å². The molecule has 22 heavy (non-hydrogen) atoms. The van der Waals surface area contributed by atoms with Crippen molar-refractivity contribution in [2.45, 2.75) is 5.60 Å². The summed E-state index contributed by atoms with van der Waals surface area (Å²) in [5.41, 5.74) is -0.914. The molecule has 6 heteroatoms. The Morgan fingerprint density at radius 1 is 0.864 bits per heavy atom. The van der Waals surface area contributed by atoms with Crippen LogP contribution in [-0.2, 0) is 19.9 Å². The Morgan fingerprint density at radius 3 is 2.05 bits per heavy atom. The number of esters is 1. The lowest BCUT2D eigenvalue weighted by atomic mass is 9.87. The van der Waals surface area contributed by atoms with Crippen LogP contribution in [0.4, 0.5) is 0 Å². The highest BCUT2D eigenvalue weighted by atomic mass is 35.5. The molecular formula is C16H8Cl2O4. The minimum Gasteiger partial charge on any atom is -0.431 e. The summed E-state index contributed by atoms with van der Waals surface area (Å²) >= 11 is 11.1. The monoisotopic (exact) mass is 334 g/mol. The number of hydrogen-bond donors (Lipinski definition) is 0. The molecule has 1 aliphatic heterocycles. The van der Waals surface area contributed by atoms with E-state index in [0.29, 0.717) is 11.1 Å². The van der Waals surface area contributed by atoms with Gasteiger partial charge in [0.15, 0.2) is 0 Å². The highest BCUT2D eigenvalue weighted by Gasteiger charge is 2.57. The largest absolute Gasteiger partial charge is 0.431 e. The van der Waals surface area contributed by atoms with Crippen molar-refractivity contribution in [1.29, 1.82) is 0 Å². The molecule has 0 saturated carbocycles. The van der Waals surface area contributed by atoms with E-state index in [4.69, 9.17) is 27.9 Å². The highest BCUT2D eigenvalue weighted by Crippen LogP contribution is 2.45. The fraction of sp³-hybridized carbons (Fsp3) is 0.0625. The lowest BCUT2D eigenvalue weighted by Gasteiger charge is -2.22. The molecule has 0 amide bonds. The van der Waals surface area contributed by atoms with Crippen molar-refractivity contribution >= 4 is 39.7 Å². The van der Waals surface area contributed by atoms with Gasteiger partial charge in [-0.2, -0.15) is 0 Å². The van der Waals surface area contributed by atoms with Gasteiger partial charge in [-0.05, 0) is 40.4 Å². The van der Waals surface area contributed by atoms with Crippen molar-refractivity contribution in [1.82, 2.24) is 0 Å². The van der Waals surface area contributed by atoms with Crippen molar-refractivity contribution in [2.24, 2.45) is 0 Å². The van der Waals surface area contributed by atoms with E-state index in [1.54, 1.807) is 36.4 Å². The second kappa shape index (κ2) is 5.23. The minimum atomic E-state index is -2.30. The van der Waals surface area contributed by atoms with Crippen molar-refractivity contribution in [3.8, 4) is 11.1 Å². The minimum absolute atomic E-state index is 0.0891. The molecule has 0 atom stereocenters. The summed E-state index contributed by atoms with van der Waals surface area (Å²) in [6.07, 6.45) is 0. The van der Waals surface area contributed by atoms with Crippen LogP contribution >= 0.6 is 23.2 Å². The third kappa shape index (κ3) is 1.95. The lowest BCUT2D eigenvalue weighted by Crippen LogP contribution is -2.39. The third-order valence-corrected chi connectivity index (χ3v) is 4.05. The van der Waals surface area contributed by atoms with E-state index in [9.17, 15) is 14.4 Å². The van der Waals surface area contributed by atoms with Crippen LogP contribution in [0.2, 0.25) is 0 Å². The number of benzene rings is 2. The quantitative estimate of drug-likeness (QED) is 0.491. The average molecular weight is 335 g/mol. The van der Waals surface area contributed by atoms with Crippen molar-refractivity contribution in [3.05, 3.63) is 59.7 Å². The number of fused-ring (bicyclic) bond motifs is 1. The van der Waals surface area contributed by atoms with Gasteiger partial charge in [-0.15, -0.1) is 0 Å². The predicted octanol–water partition coefficient (Wildman–Crippen LogP) is 3.25. The number of ether oxygens (including phenoxy) is 1. The summed E-state index contributed by atoms with van der Waals surface area (Å²) in [5.74, 6) is -0.809. The normalized spacial score (nSPS) is 15.1. The summed E-state index contributed by atoms with van der Waals surface area (Å²) in [6.45, 7) is 0. The zero-order chi connectivity index (χ0) is 15.9. The van der Waals surface area contributed by atoms with Crippen LogP contribution in [-0.4, -0.2) is 16.5 Å². The van der Waals surface area contributed by atoms with Crippen LogP contribution in [0.25, 0.3) is 11.1 Å². The number of carbonyl (C=O) groups is 3. The van der Waals surface area contributed by atoms with Gasteiger partial charge in [0.2, 0.25) is 0 Å². The Morgan fingerprint density at radius 2 is 1.45 bits per heavy atom. The molecule has 0 bridgehead atoms. The predicted molar refractivity (Wildman–Crippen MR) is 80.7 cm³/mol. The Labute approximate surface area is 135 Å². The highest BCUT2D eigenvalue weighted by molar-refractivity contribution is 6.76. The maximum absolute atomic E-state index is 12.0.